The second-order valence-corrected chi connectivity index (χ2v) is 7.44. The minimum absolute atomic E-state index is 0.0536. The highest BCUT2D eigenvalue weighted by atomic mass is 16.1. The number of amides is 1. The summed E-state index contributed by atoms with van der Waals surface area (Å²) in [6.45, 7) is 0. The van der Waals surface area contributed by atoms with E-state index in [1.165, 1.54) is 0 Å². The fourth-order valence-corrected chi connectivity index (χ4v) is 3.65. The van der Waals surface area contributed by atoms with E-state index >= 15 is 0 Å². The molecule has 2 aromatic carbocycles. The molecule has 5 aromatic rings. The zero-order chi connectivity index (χ0) is 21.9. The van der Waals surface area contributed by atoms with E-state index in [0.717, 1.165) is 27.8 Å². The van der Waals surface area contributed by atoms with E-state index in [4.69, 9.17) is 0 Å². The average molecular weight is 423 g/mol. The number of nitrogens with zero attached hydrogens (tertiary/aromatic N) is 5. The third-order valence-corrected chi connectivity index (χ3v) is 5.16. The van der Waals surface area contributed by atoms with Gasteiger partial charge in [0.1, 0.15) is 0 Å². The van der Waals surface area contributed by atoms with E-state index in [1.54, 1.807) is 10.9 Å². The first kappa shape index (κ1) is 19.5. The van der Waals surface area contributed by atoms with Gasteiger partial charge < -0.3 is 15.2 Å². The molecule has 5 rings (SSSR count). The van der Waals surface area contributed by atoms with Gasteiger partial charge in [-0.15, -0.1) is 10.2 Å². The van der Waals surface area contributed by atoms with Crippen molar-refractivity contribution < 1.29 is 4.79 Å². The van der Waals surface area contributed by atoms with Crippen LogP contribution in [0, 0.1) is 0 Å². The summed E-state index contributed by atoms with van der Waals surface area (Å²) in [5.41, 5.74) is 3.71. The number of carbonyl (C=O) groups excluding carboxylic acids is 1. The maximum Gasteiger partial charge on any atom is 0.228 e. The van der Waals surface area contributed by atoms with Crippen LogP contribution < -0.4 is 10.6 Å². The van der Waals surface area contributed by atoms with Crippen molar-refractivity contribution in [2.75, 3.05) is 10.6 Å². The normalized spacial score (nSPS) is 10.9. The van der Waals surface area contributed by atoms with Gasteiger partial charge in [-0.05, 0) is 54.1 Å². The molecular formula is C24H21N7O. The van der Waals surface area contributed by atoms with Crippen molar-refractivity contribution in [2.45, 2.75) is 6.42 Å². The van der Waals surface area contributed by atoms with Crippen molar-refractivity contribution in [1.82, 2.24) is 24.5 Å². The summed E-state index contributed by atoms with van der Waals surface area (Å²) in [5, 5.41) is 19.7. The van der Waals surface area contributed by atoms with Crippen molar-refractivity contribution in [3.05, 3.63) is 90.9 Å². The van der Waals surface area contributed by atoms with E-state index in [1.807, 2.05) is 84.7 Å². The summed E-state index contributed by atoms with van der Waals surface area (Å²) in [5.74, 6) is 1.21. The highest BCUT2D eigenvalue weighted by Crippen LogP contribution is 2.22. The van der Waals surface area contributed by atoms with Crippen LogP contribution in [0.3, 0.4) is 0 Å². The number of aryl methyl sites for hydroxylation is 1. The second kappa shape index (κ2) is 8.35. The minimum Gasteiger partial charge on any atom is -0.350 e. The Hall–Kier alpha value is -4.46. The number of para-hydroxylation sites is 1. The molecule has 0 bridgehead atoms. The van der Waals surface area contributed by atoms with E-state index in [0.29, 0.717) is 18.1 Å². The monoisotopic (exact) mass is 423 g/mol. The number of rotatable bonds is 6. The Bertz CT molecular complexity index is 1350. The number of fused-ring (bicyclic) bond motifs is 1. The standard InChI is InChI=1S/C24H21N7O/c1-30-16-17(20-5-2-3-6-21(20)30)15-24(32)27-19-9-7-18(8-10-19)26-22-11-12-23(29-28-22)31-14-4-13-25-31/h2-14,16H,15H2,1H3,(H,26,28)(H,27,32). The van der Waals surface area contributed by atoms with Gasteiger partial charge in [0.2, 0.25) is 5.91 Å². The molecule has 8 nitrogen and oxygen atoms in total. The van der Waals surface area contributed by atoms with Gasteiger partial charge in [0.25, 0.3) is 0 Å². The van der Waals surface area contributed by atoms with Crippen LogP contribution in [-0.2, 0) is 18.3 Å². The lowest BCUT2D eigenvalue weighted by atomic mass is 10.1. The van der Waals surface area contributed by atoms with Crippen molar-refractivity contribution in [1.29, 1.82) is 0 Å². The lowest BCUT2D eigenvalue weighted by Gasteiger charge is -2.08. The summed E-state index contributed by atoms with van der Waals surface area (Å²) < 4.78 is 3.69. The smallest absolute Gasteiger partial charge is 0.228 e. The van der Waals surface area contributed by atoms with Gasteiger partial charge in [-0.1, -0.05) is 18.2 Å². The highest BCUT2D eigenvalue weighted by Gasteiger charge is 2.11. The summed E-state index contributed by atoms with van der Waals surface area (Å²) in [6, 6.07) is 21.1. The van der Waals surface area contributed by atoms with Gasteiger partial charge in [0.15, 0.2) is 11.6 Å². The number of benzene rings is 2. The van der Waals surface area contributed by atoms with Gasteiger partial charge >= 0.3 is 0 Å². The zero-order valence-corrected chi connectivity index (χ0v) is 17.4. The molecule has 3 aromatic heterocycles. The molecule has 0 aliphatic heterocycles. The third kappa shape index (κ3) is 4.06. The minimum atomic E-state index is -0.0536. The first-order valence-electron chi connectivity index (χ1n) is 10.2. The van der Waals surface area contributed by atoms with Crippen LogP contribution in [0.4, 0.5) is 17.2 Å². The maximum absolute atomic E-state index is 12.6. The Morgan fingerprint density at radius 2 is 1.75 bits per heavy atom. The fraction of sp³-hybridized carbons (Fsp3) is 0.0833. The van der Waals surface area contributed by atoms with Crippen LogP contribution in [0.15, 0.2) is 85.3 Å². The largest absolute Gasteiger partial charge is 0.350 e. The molecule has 0 atom stereocenters. The number of carbonyl (C=O) groups is 1. The summed E-state index contributed by atoms with van der Waals surface area (Å²) in [4.78, 5) is 12.6. The molecule has 0 fully saturated rings. The van der Waals surface area contributed by atoms with Gasteiger partial charge in [-0.25, -0.2) is 4.68 Å². The van der Waals surface area contributed by atoms with E-state index in [2.05, 4.69) is 32.0 Å². The number of hydrogen-bond acceptors (Lipinski definition) is 5. The maximum atomic E-state index is 12.6. The molecule has 32 heavy (non-hydrogen) atoms. The molecule has 3 heterocycles. The molecule has 0 aliphatic rings. The SMILES string of the molecule is Cn1cc(CC(=O)Nc2ccc(Nc3ccc(-n4cccn4)nn3)cc2)c2ccccc21. The van der Waals surface area contributed by atoms with Gasteiger partial charge in [-0.3, -0.25) is 4.79 Å². The summed E-state index contributed by atoms with van der Waals surface area (Å²) in [6.07, 6.45) is 5.83. The van der Waals surface area contributed by atoms with E-state index < -0.39 is 0 Å². The summed E-state index contributed by atoms with van der Waals surface area (Å²) >= 11 is 0. The average Bonchev–Trinajstić information content (AvgIpc) is 3.45. The van der Waals surface area contributed by atoms with Crippen molar-refractivity contribution >= 4 is 34.0 Å². The fourth-order valence-electron chi connectivity index (χ4n) is 3.65. The first-order valence-corrected chi connectivity index (χ1v) is 10.2. The van der Waals surface area contributed by atoms with Gasteiger partial charge in [-0.2, -0.15) is 5.10 Å². The topological polar surface area (TPSA) is 89.7 Å². The highest BCUT2D eigenvalue weighted by molar-refractivity contribution is 5.96. The number of anilines is 3. The van der Waals surface area contributed by atoms with Crippen LogP contribution in [0.1, 0.15) is 5.56 Å². The lowest BCUT2D eigenvalue weighted by molar-refractivity contribution is -0.115. The predicted octanol–water partition coefficient (Wildman–Crippen LogP) is 4.08. The Labute approximate surface area is 184 Å². The molecule has 158 valence electrons. The molecule has 0 saturated carbocycles. The predicted molar refractivity (Wildman–Crippen MR) is 124 cm³/mol. The number of hydrogen-bond donors (Lipinski definition) is 2. The molecule has 0 radical (unpaired) electrons. The van der Waals surface area contributed by atoms with Crippen LogP contribution >= 0.6 is 0 Å². The molecule has 1 amide bonds. The van der Waals surface area contributed by atoms with E-state index in [-0.39, 0.29) is 5.91 Å². The van der Waals surface area contributed by atoms with Crippen molar-refractivity contribution in [2.24, 2.45) is 7.05 Å². The first-order chi connectivity index (χ1) is 15.7. The molecule has 2 N–H and O–H groups in total. The molecule has 8 heteroatoms. The number of aromatic nitrogens is 5. The Kier molecular flexibility index (Phi) is 5.09. The van der Waals surface area contributed by atoms with Gasteiger partial charge in [0, 0.05) is 47.9 Å². The zero-order valence-electron chi connectivity index (χ0n) is 17.4. The quantitative estimate of drug-likeness (QED) is 0.430. The Morgan fingerprint density at radius 1 is 0.938 bits per heavy atom. The van der Waals surface area contributed by atoms with Crippen LogP contribution in [0.2, 0.25) is 0 Å². The molecular weight excluding hydrogens is 402 g/mol. The molecule has 0 saturated heterocycles. The van der Waals surface area contributed by atoms with Gasteiger partial charge in [0.05, 0.1) is 6.42 Å². The van der Waals surface area contributed by atoms with Crippen LogP contribution in [0.25, 0.3) is 16.7 Å². The molecule has 0 aliphatic carbocycles. The van der Waals surface area contributed by atoms with Crippen LogP contribution in [0.5, 0.6) is 0 Å². The lowest BCUT2D eigenvalue weighted by Crippen LogP contribution is -2.14. The number of nitrogens with one attached hydrogen (secondary N) is 2. The second-order valence-electron chi connectivity index (χ2n) is 7.44. The van der Waals surface area contributed by atoms with E-state index in [9.17, 15) is 4.79 Å². The Morgan fingerprint density at radius 3 is 2.50 bits per heavy atom. The van der Waals surface area contributed by atoms with Crippen molar-refractivity contribution in [3.8, 4) is 5.82 Å². The van der Waals surface area contributed by atoms with Crippen molar-refractivity contribution in [3.63, 3.8) is 0 Å². The molecule has 0 unspecified atom stereocenters. The Balaban J connectivity index is 1.21. The van der Waals surface area contributed by atoms with Crippen LogP contribution in [-0.4, -0.2) is 30.5 Å². The molecule has 0 spiro atoms. The summed E-state index contributed by atoms with van der Waals surface area (Å²) in [7, 11) is 1.99. The third-order valence-electron chi connectivity index (χ3n) is 5.16.